The third kappa shape index (κ3) is 11.0. The molecule has 0 rings (SSSR count). The minimum atomic E-state index is -1.56. The molecule has 11 N–H and O–H groups in total. The number of carboxylic acid groups (broad SMARTS) is 1. The lowest BCUT2D eigenvalue weighted by atomic mass is 10.1. The van der Waals surface area contributed by atoms with Gasteiger partial charge in [-0.25, -0.2) is 4.79 Å². The SMILES string of the molecule is CC(O)C(NC(=O)CNC(=O)C(CC(N)=O)NC(=O)C(N)CCCCN)C(=O)O. The minimum Gasteiger partial charge on any atom is -0.480 e. The van der Waals surface area contributed by atoms with Crippen LogP contribution < -0.4 is 33.2 Å². The lowest BCUT2D eigenvalue weighted by molar-refractivity contribution is -0.144. The molecule has 4 amide bonds. The Morgan fingerprint density at radius 2 is 1.66 bits per heavy atom. The Morgan fingerprint density at radius 1 is 1.03 bits per heavy atom. The van der Waals surface area contributed by atoms with Gasteiger partial charge in [-0.05, 0) is 26.3 Å². The normalized spacial score (nSPS) is 14.8. The molecule has 4 atom stereocenters. The van der Waals surface area contributed by atoms with Crippen molar-refractivity contribution in [2.24, 2.45) is 17.2 Å². The van der Waals surface area contributed by atoms with E-state index in [9.17, 15) is 29.1 Å². The van der Waals surface area contributed by atoms with Crippen molar-refractivity contribution >= 4 is 29.6 Å². The van der Waals surface area contributed by atoms with Gasteiger partial charge >= 0.3 is 5.97 Å². The van der Waals surface area contributed by atoms with Gasteiger partial charge in [0, 0.05) is 0 Å². The van der Waals surface area contributed by atoms with E-state index in [4.69, 9.17) is 22.3 Å². The maximum Gasteiger partial charge on any atom is 0.328 e. The molecule has 13 heteroatoms. The number of carbonyl (C=O) groups is 5. The summed E-state index contributed by atoms with van der Waals surface area (Å²) < 4.78 is 0. The molecule has 166 valence electrons. The number of hydrogen-bond donors (Lipinski definition) is 8. The Morgan fingerprint density at radius 3 is 2.14 bits per heavy atom. The quantitative estimate of drug-likeness (QED) is 0.128. The van der Waals surface area contributed by atoms with Crippen molar-refractivity contribution in [1.82, 2.24) is 16.0 Å². The number of aliphatic carboxylic acids is 1. The summed E-state index contributed by atoms with van der Waals surface area (Å²) in [4.78, 5) is 58.2. The molecule has 13 nitrogen and oxygen atoms in total. The zero-order valence-electron chi connectivity index (χ0n) is 16.2. The van der Waals surface area contributed by atoms with E-state index in [-0.39, 0.29) is 0 Å². The molecular weight excluding hydrogens is 388 g/mol. The smallest absolute Gasteiger partial charge is 0.328 e. The van der Waals surface area contributed by atoms with Crippen LogP contribution in [0.3, 0.4) is 0 Å². The predicted octanol–water partition coefficient (Wildman–Crippen LogP) is -4.13. The average molecular weight is 418 g/mol. The van der Waals surface area contributed by atoms with Gasteiger partial charge in [-0.3, -0.25) is 19.2 Å². The van der Waals surface area contributed by atoms with E-state index in [2.05, 4.69) is 10.6 Å². The van der Waals surface area contributed by atoms with Gasteiger partial charge in [0.2, 0.25) is 23.6 Å². The van der Waals surface area contributed by atoms with Crippen molar-refractivity contribution in [2.75, 3.05) is 13.1 Å². The van der Waals surface area contributed by atoms with Crippen LogP contribution in [0, 0.1) is 0 Å². The summed E-state index contributed by atoms with van der Waals surface area (Å²) in [6, 6.07) is -3.84. The van der Waals surface area contributed by atoms with E-state index in [0.717, 1.165) is 0 Å². The highest BCUT2D eigenvalue weighted by Gasteiger charge is 2.27. The third-order valence-electron chi connectivity index (χ3n) is 3.83. The number of aliphatic hydroxyl groups is 1. The molecule has 0 aliphatic heterocycles. The Bertz CT molecular complexity index is 598. The van der Waals surface area contributed by atoms with Gasteiger partial charge in [-0.2, -0.15) is 0 Å². The lowest BCUT2D eigenvalue weighted by Gasteiger charge is -2.20. The van der Waals surface area contributed by atoms with Crippen LogP contribution in [0.1, 0.15) is 32.6 Å². The highest BCUT2D eigenvalue weighted by Crippen LogP contribution is 2.00. The van der Waals surface area contributed by atoms with Crippen molar-refractivity contribution in [1.29, 1.82) is 0 Å². The van der Waals surface area contributed by atoms with Crippen LogP contribution in [0.25, 0.3) is 0 Å². The van der Waals surface area contributed by atoms with Crippen LogP contribution in [0.15, 0.2) is 0 Å². The van der Waals surface area contributed by atoms with Crippen LogP contribution in [0.4, 0.5) is 0 Å². The number of primary amides is 1. The van der Waals surface area contributed by atoms with Crippen LogP contribution >= 0.6 is 0 Å². The molecule has 4 unspecified atom stereocenters. The standard InChI is InChI=1S/C16H30N6O7/c1-8(23)13(16(28)29)22-12(25)7-20-15(27)10(6-11(19)24)21-14(26)9(18)4-2-3-5-17/h8-10,13,23H,2-7,17-18H2,1H3,(H2,19,24)(H,20,27)(H,21,26)(H,22,25)(H,28,29). The van der Waals surface area contributed by atoms with Gasteiger partial charge in [-0.1, -0.05) is 6.42 Å². The fourth-order valence-electron chi connectivity index (χ4n) is 2.23. The Balaban J connectivity index is 4.79. The van der Waals surface area contributed by atoms with Crippen molar-refractivity contribution in [2.45, 2.75) is 56.8 Å². The second-order valence-corrected chi connectivity index (χ2v) is 6.46. The topological polar surface area (TPSA) is 240 Å². The number of unbranched alkanes of at least 4 members (excludes halogenated alkanes) is 1. The van der Waals surface area contributed by atoms with E-state index in [1.807, 2.05) is 5.32 Å². The minimum absolute atomic E-state index is 0.326. The van der Waals surface area contributed by atoms with Crippen molar-refractivity contribution < 1.29 is 34.2 Å². The summed E-state index contributed by atoms with van der Waals surface area (Å²) in [6.45, 7) is 0.969. The fourth-order valence-corrected chi connectivity index (χ4v) is 2.23. The van der Waals surface area contributed by atoms with Crippen LogP contribution in [0.5, 0.6) is 0 Å². The fraction of sp³-hybridized carbons (Fsp3) is 0.688. The first-order valence-corrected chi connectivity index (χ1v) is 9.01. The number of rotatable bonds is 14. The summed E-state index contributed by atoms with van der Waals surface area (Å²) >= 11 is 0. The van der Waals surface area contributed by atoms with Gasteiger partial charge in [0.1, 0.15) is 6.04 Å². The van der Waals surface area contributed by atoms with E-state index >= 15 is 0 Å². The van der Waals surface area contributed by atoms with Crippen molar-refractivity contribution in [3.05, 3.63) is 0 Å². The summed E-state index contributed by atoms with van der Waals surface area (Å²) in [5, 5.41) is 24.7. The Hall–Kier alpha value is -2.77. The molecule has 0 radical (unpaired) electrons. The molecule has 0 heterocycles. The lowest BCUT2D eigenvalue weighted by Crippen LogP contribution is -2.55. The van der Waals surface area contributed by atoms with Crippen LogP contribution in [-0.4, -0.2) is 77.1 Å². The molecule has 0 aliphatic carbocycles. The first kappa shape index (κ1) is 26.2. The number of aliphatic hydroxyl groups excluding tert-OH is 1. The maximum atomic E-state index is 12.2. The van der Waals surface area contributed by atoms with E-state index < -0.39 is 66.8 Å². The molecule has 0 spiro atoms. The van der Waals surface area contributed by atoms with Crippen LogP contribution in [-0.2, 0) is 24.0 Å². The highest BCUT2D eigenvalue weighted by atomic mass is 16.4. The molecule has 29 heavy (non-hydrogen) atoms. The molecule has 0 aromatic rings. The number of amides is 4. The van der Waals surface area contributed by atoms with E-state index in [1.165, 1.54) is 6.92 Å². The summed E-state index contributed by atoms with van der Waals surface area (Å²) in [5.74, 6) is -4.78. The Kier molecular flexibility index (Phi) is 12.1. The number of nitrogens with one attached hydrogen (secondary N) is 3. The van der Waals surface area contributed by atoms with Gasteiger partial charge in [-0.15, -0.1) is 0 Å². The molecule has 0 aromatic heterocycles. The second kappa shape index (κ2) is 13.4. The van der Waals surface area contributed by atoms with E-state index in [0.29, 0.717) is 25.8 Å². The maximum absolute atomic E-state index is 12.2. The van der Waals surface area contributed by atoms with Gasteiger partial charge < -0.3 is 43.4 Å². The van der Waals surface area contributed by atoms with Gasteiger partial charge in [0.15, 0.2) is 6.04 Å². The first-order chi connectivity index (χ1) is 13.5. The molecule has 0 bridgehead atoms. The third-order valence-corrected chi connectivity index (χ3v) is 3.83. The number of carboxylic acids is 1. The largest absolute Gasteiger partial charge is 0.480 e. The molecule has 0 aliphatic rings. The Labute approximate surface area is 167 Å². The van der Waals surface area contributed by atoms with Crippen molar-refractivity contribution in [3.8, 4) is 0 Å². The molecule has 0 saturated carbocycles. The number of nitrogens with two attached hydrogens (primary N) is 3. The summed E-state index contributed by atoms with van der Waals surface area (Å²) in [6.07, 6.45) is -0.293. The van der Waals surface area contributed by atoms with Crippen LogP contribution in [0.2, 0.25) is 0 Å². The average Bonchev–Trinajstić information content (AvgIpc) is 2.62. The zero-order chi connectivity index (χ0) is 22.6. The highest BCUT2D eigenvalue weighted by molar-refractivity contribution is 5.95. The predicted molar refractivity (Wildman–Crippen MR) is 101 cm³/mol. The first-order valence-electron chi connectivity index (χ1n) is 9.01. The molecule has 0 fully saturated rings. The van der Waals surface area contributed by atoms with E-state index in [1.54, 1.807) is 0 Å². The second-order valence-electron chi connectivity index (χ2n) is 6.46. The van der Waals surface area contributed by atoms with Gasteiger partial charge in [0.25, 0.3) is 0 Å². The van der Waals surface area contributed by atoms with Crippen molar-refractivity contribution in [3.63, 3.8) is 0 Å². The monoisotopic (exact) mass is 418 g/mol. The number of hydrogen-bond acceptors (Lipinski definition) is 8. The molecule has 0 saturated heterocycles. The molecule has 0 aromatic carbocycles. The summed E-state index contributed by atoms with van der Waals surface area (Å²) in [7, 11) is 0. The number of carbonyl (C=O) groups excluding carboxylic acids is 4. The molecular formula is C16H30N6O7. The zero-order valence-corrected chi connectivity index (χ0v) is 16.2. The summed E-state index contributed by atoms with van der Waals surface area (Å²) in [5.41, 5.74) is 16.2. The van der Waals surface area contributed by atoms with Gasteiger partial charge in [0.05, 0.1) is 25.1 Å².